The molecule has 8 heteroatoms. The van der Waals surface area contributed by atoms with Crippen LogP contribution in [-0.2, 0) is 0 Å². The van der Waals surface area contributed by atoms with Crippen molar-refractivity contribution >= 4 is 33.6 Å². The fourth-order valence-corrected chi connectivity index (χ4v) is 1.33. The van der Waals surface area contributed by atoms with E-state index in [1.807, 2.05) is 0 Å². The molecular formula is C10H6BrN3O4. The summed E-state index contributed by atoms with van der Waals surface area (Å²) in [5.74, 6) is -1.64. The molecule has 92 valence electrons. The maximum absolute atomic E-state index is 11.7. The number of carboxylic acids is 1. The predicted octanol–water partition coefficient (Wildman–Crippen LogP) is 1.78. The van der Waals surface area contributed by atoms with Crippen LogP contribution in [-0.4, -0.2) is 27.0 Å². The normalized spacial score (nSPS) is 10.1. The maximum Gasteiger partial charge on any atom is 0.338 e. The molecule has 0 aliphatic rings. The van der Waals surface area contributed by atoms with E-state index in [1.165, 1.54) is 12.4 Å². The van der Waals surface area contributed by atoms with Gasteiger partial charge in [-0.1, -0.05) is 0 Å². The second-order valence-electron chi connectivity index (χ2n) is 3.18. The molecule has 0 spiro atoms. The maximum atomic E-state index is 11.7. The fraction of sp³-hybridized carbons (Fsp3) is 0. The number of aromatic carboxylic acids is 1. The van der Waals surface area contributed by atoms with E-state index in [-0.39, 0.29) is 17.1 Å². The SMILES string of the molecule is O=C(O)c1coc(C(=O)Nc2cnc(Br)cn2)c1. The van der Waals surface area contributed by atoms with Gasteiger partial charge in [-0.15, -0.1) is 0 Å². The number of carboxylic acid groups (broad SMARTS) is 1. The lowest BCUT2D eigenvalue weighted by Gasteiger charge is -2.00. The third kappa shape index (κ3) is 2.72. The Morgan fingerprint density at radius 1 is 1.33 bits per heavy atom. The Hall–Kier alpha value is -2.22. The van der Waals surface area contributed by atoms with Crippen LogP contribution in [0.1, 0.15) is 20.9 Å². The Morgan fingerprint density at radius 2 is 2.11 bits per heavy atom. The lowest BCUT2D eigenvalue weighted by atomic mass is 10.3. The monoisotopic (exact) mass is 311 g/mol. The van der Waals surface area contributed by atoms with Crippen LogP contribution in [0.15, 0.2) is 33.7 Å². The number of halogens is 1. The van der Waals surface area contributed by atoms with E-state index < -0.39 is 11.9 Å². The Bertz CT molecular complexity index is 593. The highest BCUT2D eigenvalue weighted by molar-refractivity contribution is 9.10. The van der Waals surface area contributed by atoms with Crippen LogP contribution < -0.4 is 5.32 Å². The number of rotatable bonds is 3. The summed E-state index contributed by atoms with van der Waals surface area (Å²) in [5, 5.41) is 11.1. The summed E-state index contributed by atoms with van der Waals surface area (Å²) in [6.07, 6.45) is 3.76. The number of furan rings is 1. The molecule has 0 aliphatic heterocycles. The van der Waals surface area contributed by atoms with E-state index in [0.717, 1.165) is 12.3 Å². The number of amides is 1. The van der Waals surface area contributed by atoms with Gasteiger partial charge in [-0.2, -0.15) is 0 Å². The molecule has 2 heterocycles. The summed E-state index contributed by atoms with van der Waals surface area (Å²) in [7, 11) is 0. The molecular weight excluding hydrogens is 306 g/mol. The highest BCUT2D eigenvalue weighted by atomic mass is 79.9. The molecule has 1 amide bonds. The van der Waals surface area contributed by atoms with E-state index >= 15 is 0 Å². The molecule has 2 aromatic rings. The summed E-state index contributed by atoms with van der Waals surface area (Å²) < 4.78 is 5.37. The molecule has 0 aromatic carbocycles. The molecule has 0 radical (unpaired) electrons. The molecule has 18 heavy (non-hydrogen) atoms. The van der Waals surface area contributed by atoms with Crippen molar-refractivity contribution in [2.75, 3.05) is 5.32 Å². The summed E-state index contributed by atoms with van der Waals surface area (Å²) >= 11 is 3.11. The number of hydrogen-bond acceptors (Lipinski definition) is 5. The van der Waals surface area contributed by atoms with E-state index in [4.69, 9.17) is 9.52 Å². The number of nitrogens with zero attached hydrogens (tertiary/aromatic N) is 2. The van der Waals surface area contributed by atoms with Crippen LogP contribution in [0.2, 0.25) is 0 Å². The molecule has 2 N–H and O–H groups in total. The second kappa shape index (κ2) is 4.96. The van der Waals surface area contributed by atoms with Gasteiger partial charge in [-0.05, 0) is 15.9 Å². The van der Waals surface area contributed by atoms with Gasteiger partial charge in [-0.3, -0.25) is 4.79 Å². The number of nitrogens with one attached hydrogen (secondary N) is 1. The number of anilines is 1. The summed E-state index contributed by atoms with van der Waals surface area (Å²) in [4.78, 5) is 30.0. The Kier molecular flexibility index (Phi) is 3.38. The first-order valence-electron chi connectivity index (χ1n) is 4.67. The van der Waals surface area contributed by atoms with E-state index in [0.29, 0.717) is 4.60 Å². The third-order valence-corrected chi connectivity index (χ3v) is 2.34. The minimum absolute atomic E-state index is 0.0953. The van der Waals surface area contributed by atoms with Gasteiger partial charge >= 0.3 is 5.97 Å². The molecule has 0 unspecified atom stereocenters. The number of carbonyl (C=O) groups is 2. The molecule has 0 bridgehead atoms. The van der Waals surface area contributed by atoms with Crippen LogP contribution in [0.3, 0.4) is 0 Å². The average molecular weight is 312 g/mol. The van der Waals surface area contributed by atoms with Crippen molar-refractivity contribution in [3.05, 3.63) is 40.7 Å². The Labute approximate surface area is 109 Å². The van der Waals surface area contributed by atoms with Crippen LogP contribution in [0, 0.1) is 0 Å². The van der Waals surface area contributed by atoms with Crippen LogP contribution in [0.25, 0.3) is 0 Å². The molecule has 0 fully saturated rings. The minimum Gasteiger partial charge on any atom is -0.478 e. The summed E-state index contributed by atoms with van der Waals surface area (Å²) in [5.41, 5.74) is -0.0953. The van der Waals surface area contributed by atoms with Crippen LogP contribution >= 0.6 is 15.9 Å². The van der Waals surface area contributed by atoms with E-state index in [9.17, 15) is 9.59 Å². The van der Waals surface area contributed by atoms with Crippen molar-refractivity contribution in [1.82, 2.24) is 9.97 Å². The van der Waals surface area contributed by atoms with Crippen LogP contribution in [0.4, 0.5) is 5.82 Å². The van der Waals surface area contributed by atoms with Gasteiger partial charge in [0.05, 0.1) is 18.0 Å². The van der Waals surface area contributed by atoms with Gasteiger partial charge in [0.25, 0.3) is 5.91 Å². The second-order valence-corrected chi connectivity index (χ2v) is 4.00. The molecule has 2 aromatic heterocycles. The van der Waals surface area contributed by atoms with Gasteiger partial charge in [0.2, 0.25) is 0 Å². The van der Waals surface area contributed by atoms with Crippen LogP contribution in [0.5, 0.6) is 0 Å². The lowest BCUT2D eigenvalue weighted by Crippen LogP contribution is -2.12. The van der Waals surface area contributed by atoms with Gasteiger partial charge in [0.15, 0.2) is 11.6 Å². The fourth-order valence-electron chi connectivity index (χ4n) is 1.12. The molecule has 0 saturated heterocycles. The molecule has 0 aliphatic carbocycles. The van der Waals surface area contributed by atoms with E-state index in [1.54, 1.807) is 0 Å². The largest absolute Gasteiger partial charge is 0.478 e. The smallest absolute Gasteiger partial charge is 0.338 e. The van der Waals surface area contributed by atoms with Crippen molar-refractivity contribution in [2.24, 2.45) is 0 Å². The number of aromatic nitrogens is 2. The molecule has 0 atom stereocenters. The van der Waals surface area contributed by atoms with Crippen molar-refractivity contribution in [3.63, 3.8) is 0 Å². The first-order chi connectivity index (χ1) is 8.56. The van der Waals surface area contributed by atoms with Crippen molar-refractivity contribution < 1.29 is 19.1 Å². The van der Waals surface area contributed by atoms with Crippen molar-refractivity contribution in [1.29, 1.82) is 0 Å². The first-order valence-corrected chi connectivity index (χ1v) is 5.46. The first kappa shape index (κ1) is 12.2. The predicted molar refractivity (Wildman–Crippen MR) is 63.4 cm³/mol. The molecule has 7 nitrogen and oxygen atoms in total. The zero-order chi connectivity index (χ0) is 13.1. The average Bonchev–Trinajstić information content (AvgIpc) is 2.81. The summed E-state index contributed by atoms with van der Waals surface area (Å²) in [6.45, 7) is 0. The highest BCUT2D eigenvalue weighted by Gasteiger charge is 2.15. The minimum atomic E-state index is -1.17. The highest BCUT2D eigenvalue weighted by Crippen LogP contribution is 2.11. The molecule has 2 rings (SSSR count). The molecule has 0 saturated carbocycles. The number of carbonyl (C=O) groups excluding carboxylic acids is 1. The number of hydrogen-bond donors (Lipinski definition) is 2. The lowest BCUT2D eigenvalue weighted by molar-refractivity contribution is 0.0696. The third-order valence-electron chi connectivity index (χ3n) is 1.93. The zero-order valence-corrected chi connectivity index (χ0v) is 10.3. The van der Waals surface area contributed by atoms with Crippen molar-refractivity contribution in [2.45, 2.75) is 0 Å². The summed E-state index contributed by atoms with van der Waals surface area (Å²) in [6, 6.07) is 1.13. The van der Waals surface area contributed by atoms with Gasteiger partial charge in [0.1, 0.15) is 10.9 Å². The van der Waals surface area contributed by atoms with Crippen molar-refractivity contribution in [3.8, 4) is 0 Å². The zero-order valence-electron chi connectivity index (χ0n) is 8.75. The Morgan fingerprint density at radius 3 is 2.67 bits per heavy atom. The van der Waals surface area contributed by atoms with Gasteiger partial charge in [0, 0.05) is 6.07 Å². The van der Waals surface area contributed by atoms with E-state index in [2.05, 4.69) is 31.2 Å². The van der Waals surface area contributed by atoms with Gasteiger partial charge < -0.3 is 14.8 Å². The quantitative estimate of drug-likeness (QED) is 0.895. The van der Waals surface area contributed by atoms with Gasteiger partial charge in [-0.25, -0.2) is 14.8 Å². The standard InChI is InChI=1S/C10H6BrN3O4/c11-7-2-13-8(3-12-7)14-9(15)6-1-5(4-18-6)10(16)17/h1-4H,(H,16,17)(H,13,14,15). The Balaban J connectivity index is 2.11. The topological polar surface area (TPSA) is 105 Å².